The fourth-order valence-electron chi connectivity index (χ4n) is 3.61. The molecule has 2 aliphatic rings. The van der Waals surface area contributed by atoms with Gasteiger partial charge in [0.15, 0.2) is 5.72 Å². The molecule has 0 saturated carbocycles. The number of hydrogen-bond acceptors (Lipinski definition) is 3. The summed E-state index contributed by atoms with van der Waals surface area (Å²) in [6, 6.07) is 7.69. The van der Waals surface area contributed by atoms with E-state index >= 15 is 0 Å². The van der Waals surface area contributed by atoms with Crippen molar-refractivity contribution in [1.82, 2.24) is 10.2 Å². The minimum Gasteiger partial charge on any atom is -0.468 e. The molecule has 3 rings (SSSR count). The highest BCUT2D eigenvalue weighted by Gasteiger charge is 2.52. The molecule has 118 valence electrons. The predicted molar refractivity (Wildman–Crippen MR) is 82.4 cm³/mol. The third-order valence-corrected chi connectivity index (χ3v) is 4.68. The van der Waals surface area contributed by atoms with Gasteiger partial charge in [-0.1, -0.05) is 18.2 Å². The second-order valence-electron chi connectivity index (χ2n) is 6.16. The van der Waals surface area contributed by atoms with Crippen LogP contribution in [0.5, 0.6) is 5.75 Å². The molecule has 5 nitrogen and oxygen atoms in total. The molecule has 1 fully saturated rings. The summed E-state index contributed by atoms with van der Waals surface area (Å²) in [5.74, 6) is -0.357. The smallest absolute Gasteiger partial charge is 0.236 e. The standard InChI is InChI=1S/C17H22N2O3/c1-4-19(5-2)16(21)14-12-10-17(3,18-15(14)20)22-13-9-7-6-8-11(12)13/h6-9,12,14H,4-5,10H2,1-3H3,(H,18,20)/t12-,14-,17-/m1/s1. The van der Waals surface area contributed by atoms with Crippen molar-refractivity contribution in [3.63, 3.8) is 0 Å². The van der Waals surface area contributed by atoms with Gasteiger partial charge in [0.25, 0.3) is 0 Å². The van der Waals surface area contributed by atoms with Crippen molar-refractivity contribution in [2.75, 3.05) is 13.1 Å². The van der Waals surface area contributed by atoms with Gasteiger partial charge in [-0.05, 0) is 32.4 Å². The molecule has 2 amide bonds. The highest BCUT2D eigenvalue weighted by molar-refractivity contribution is 6.02. The first kappa shape index (κ1) is 14.9. The highest BCUT2D eigenvalue weighted by atomic mass is 16.5. The second-order valence-corrected chi connectivity index (χ2v) is 6.16. The molecular formula is C17H22N2O3. The maximum atomic E-state index is 12.8. The SMILES string of the molecule is CCN(CC)C(=O)[C@H]1C(=O)N[C@@]2(C)C[C@@H]1c1ccccc1O2. The average molecular weight is 302 g/mol. The Kier molecular flexibility index (Phi) is 3.59. The lowest BCUT2D eigenvalue weighted by Gasteiger charge is -2.47. The third kappa shape index (κ3) is 2.25. The van der Waals surface area contributed by atoms with Gasteiger partial charge >= 0.3 is 0 Å². The van der Waals surface area contributed by atoms with E-state index in [1.807, 2.05) is 45.0 Å². The van der Waals surface area contributed by atoms with Crippen LogP contribution in [0.3, 0.4) is 0 Å². The van der Waals surface area contributed by atoms with Crippen LogP contribution < -0.4 is 10.1 Å². The molecule has 0 aromatic heterocycles. The number of para-hydroxylation sites is 1. The largest absolute Gasteiger partial charge is 0.468 e. The summed E-state index contributed by atoms with van der Waals surface area (Å²) >= 11 is 0. The van der Waals surface area contributed by atoms with Gasteiger partial charge < -0.3 is 15.0 Å². The van der Waals surface area contributed by atoms with Gasteiger partial charge in [-0.15, -0.1) is 0 Å². The molecule has 2 bridgehead atoms. The second kappa shape index (κ2) is 5.30. The Balaban J connectivity index is 2.03. The number of nitrogens with zero attached hydrogens (tertiary/aromatic N) is 1. The van der Waals surface area contributed by atoms with Crippen LogP contribution in [0.1, 0.15) is 38.7 Å². The minimum atomic E-state index is -0.726. The zero-order chi connectivity index (χ0) is 15.9. The molecule has 1 N–H and O–H groups in total. The lowest BCUT2D eigenvalue weighted by Crippen LogP contribution is -2.63. The molecule has 5 heteroatoms. The van der Waals surface area contributed by atoms with Crippen molar-refractivity contribution < 1.29 is 14.3 Å². The van der Waals surface area contributed by atoms with Crippen molar-refractivity contribution >= 4 is 11.8 Å². The van der Waals surface area contributed by atoms with Crippen LogP contribution in [0.2, 0.25) is 0 Å². The van der Waals surface area contributed by atoms with Crippen LogP contribution in [0.4, 0.5) is 0 Å². The number of benzene rings is 1. The Morgan fingerprint density at radius 1 is 1.36 bits per heavy atom. The molecule has 0 aliphatic carbocycles. The fourth-order valence-corrected chi connectivity index (χ4v) is 3.61. The molecule has 1 saturated heterocycles. The minimum absolute atomic E-state index is 0.0914. The van der Waals surface area contributed by atoms with Gasteiger partial charge in [0.05, 0.1) is 0 Å². The zero-order valence-electron chi connectivity index (χ0n) is 13.3. The number of carbonyl (C=O) groups excluding carboxylic acids is 2. The Bertz CT molecular complexity index is 612. The molecule has 2 aliphatic heterocycles. The lowest BCUT2D eigenvalue weighted by atomic mass is 9.74. The number of amides is 2. The number of rotatable bonds is 3. The van der Waals surface area contributed by atoms with E-state index in [0.717, 1.165) is 11.3 Å². The Hall–Kier alpha value is -2.04. The monoisotopic (exact) mass is 302 g/mol. The van der Waals surface area contributed by atoms with Crippen molar-refractivity contribution in [2.24, 2.45) is 5.92 Å². The van der Waals surface area contributed by atoms with Gasteiger partial charge in [-0.25, -0.2) is 0 Å². The van der Waals surface area contributed by atoms with E-state index in [2.05, 4.69) is 5.32 Å². The first-order valence-electron chi connectivity index (χ1n) is 7.88. The van der Waals surface area contributed by atoms with Crippen LogP contribution >= 0.6 is 0 Å². The van der Waals surface area contributed by atoms with Crippen LogP contribution in [0.15, 0.2) is 24.3 Å². The average Bonchev–Trinajstić information content (AvgIpc) is 2.47. The van der Waals surface area contributed by atoms with E-state index in [0.29, 0.717) is 19.5 Å². The van der Waals surface area contributed by atoms with Gasteiger partial charge in [-0.3, -0.25) is 9.59 Å². The van der Waals surface area contributed by atoms with Crippen molar-refractivity contribution in [1.29, 1.82) is 0 Å². The highest BCUT2D eigenvalue weighted by Crippen LogP contribution is 2.46. The molecular weight excluding hydrogens is 280 g/mol. The van der Waals surface area contributed by atoms with Crippen LogP contribution in [0.25, 0.3) is 0 Å². The molecule has 22 heavy (non-hydrogen) atoms. The summed E-state index contributed by atoms with van der Waals surface area (Å²) in [6.07, 6.45) is 0.618. The van der Waals surface area contributed by atoms with Gasteiger partial charge in [-0.2, -0.15) is 0 Å². The van der Waals surface area contributed by atoms with E-state index in [1.54, 1.807) is 4.90 Å². The van der Waals surface area contributed by atoms with Gasteiger partial charge in [0, 0.05) is 25.4 Å². The van der Waals surface area contributed by atoms with E-state index in [1.165, 1.54) is 0 Å². The molecule has 2 heterocycles. The van der Waals surface area contributed by atoms with E-state index in [4.69, 9.17) is 4.74 Å². The summed E-state index contributed by atoms with van der Waals surface area (Å²) in [4.78, 5) is 27.1. The molecule has 0 spiro atoms. The Labute approximate surface area is 130 Å². The predicted octanol–water partition coefficient (Wildman–Crippen LogP) is 1.88. The van der Waals surface area contributed by atoms with Gasteiger partial charge in [0.1, 0.15) is 11.7 Å². The fraction of sp³-hybridized carbons (Fsp3) is 0.529. The van der Waals surface area contributed by atoms with E-state index < -0.39 is 11.6 Å². The van der Waals surface area contributed by atoms with Crippen molar-refractivity contribution in [3.8, 4) is 5.75 Å². The third-order valence-electron chi connectivity index (χ3n) is 4.68. The summed E-state index contributed by atoms with van der Waals surface area (Å²) in [7, 11) is 0. The number of ether oxygens (including phenoxy) is 1. The molecule has 1 aromatic rings. The summed E-state index contributed by atoms with van der Waals surface area (Å²) in [6.45, 7) is 6.96. The van der Waals surface area contributed by atoms with Crippen molar-refractivity contribution in [2.45, 2.75) is 38.8 Å². The number of piperidine rings is 1. The summed E-state index contributed by atoms with van der Waals surface area (Å²) < 4.78 is 5.95. The summed E-state index contributed by atoms with van der Waals surface area (Å²) in [5, 5.41) is 2.89. The first-order valence-corrected chi connectivity index (χ1v) is 7.88. The van der Waals surface area contributed by atoms with Crippen LogP contribution in [0, 0.1) is 5.92 Å². The molecule has 3 atom stereocenters. The number of fused-ring (bicyclic) bond motifs is 4. The maximum Gasteiger partial charge on any atom is 0.236 e. The summed E-state index contributed by atoms with van der Waals surface area (Å²) in [5.41, 5.74) is 0.233. The lowest BCUT2D eigenvalue weighted by molar-refractivity contribution is -0.152. The molecule has 0 radical (unpaired) electrons. The zero-order valence-corrected chi connectivity index (χ0v) is 13.3. The van der Waals surface area contributed by atoms with Crippen molar-refractivity contribution in [3.05, 3.63) is 29.8 Å². The Morgan fingerprint density at radius 3 is 2.73 bits per heavy atom. The first-order chi connectivity index (χ1) is 10.5. The molecule has 0 unspecified atom stereocenters. The van der Waals surface area contributed by atoms with E-state index in [-0.39, 0.29) is 17.7 Å². The molecule has 1 aromatic carbocycles. The van der Waals surface area contributed by atoms with E-state index in [9.17, 15) is 9.59 Å². The van der Waals surface area contributed by atoms with Gasteiger partial charge in [0.2, 0.25) is 11.8 Å². The topological polar surface area (TPSA) is 58.6 Å². The van der Waals surface area contributed by atoms with Crippen LogP contribution in [-0.4, -0.2) is 35.5 Å². The number of carbonyl (C=O) groups is 2. The normalized spacial score (nSPS) is 29.1. The maximum absolute atomic E-state index is 12.8. The Morgan fingerprint density at radius 2 is 2.05 bits per heavy atom. The number of hydrogen-bond donors (Lipinski definition) is 1. The quantitative estimate of drug-likeness (QED) is 0.867. The number of nitrogens with one attached hydrogen (secondary N) is 1. The van der Waals surface area contributed by atoms with Crippen LogP contribution in [-0.2, 0) is 9.59 Å².